The van der Waals surface area contributed by atoms with E-state index in [-0.39, 0.29) is 11.8 Å². The van der Waals surface area contributed by atoms with Crippen LogP contribution in [0.5, 0.6) is 0 Å². The van der Waals surface area contributed by atoms with Crippen molar-refractivity contribution in [2.24, 2.45) is 10.9 Å². The molecule has 0 N–H and O–H groups in total. The highest BCUT2D eigenvalue weighted by molar-refractivity contribution is 5.79. The summed E-state index contributed by atoms with van der Waals surface area (Å²) in [5.41, 5.74) is 1.90. The molecular weight excluding hydrogens is 276 g/mol. The molecule has 1 aliphatic rings. The Morgan fingerprint density at radius 1 is 1.09 bits per heavy atom. The Balaban J connectivity index is 1.84. The zero-order valence-electron chi connectivity index (χ0n) is 12.5. The third kappa shape index (κ3) is 3.71. The van der Waals surface area contributed by atoms with Crippen LogP contribution >= 0.6 is 0 Å². The van der Waals surface area contributed by atoms with E-state index in [1.54, 1.807) is 0 Å². The number of carbonyl (C=O) groups is 1. The van der Waals surface area contributed by atoms with Crippen molar-refractivity contribution in [3.8, 4) is 0 Å². The van der Waals surface area contributed by atoms with Crippen LogP contribution in [0.25, 0.3) is 0 Å². The summed E-state index contributed by atoms with van der Waals surface area (Å²) in [4.78, 5) is 16.7. The van der Waals surface area contributed by atoms with E-state index < -0.39 is 0 Å². The molecule has 1 aliphatic heterocycles. The Kier molecular flexibility index (Phi) is 4.81. The molecule has 3 rings (SSSR count). The summed E-state index contributed by atoms with van der Waals surface area (Å²) in [5, 5.41) is 0. The Hall–Kier alpha value is -2.20. The second kappa shape index (κ2) is 7.18. The van der Waals surface area contributed by atoms with Gasteiger partial charge in [-0.2, -0.15) is 4.99 Å². The third-order valence-corrected chi connectivity index (χ3v) is 3.91. The van der Waals surface area contributed by atoms with Gasteiger partial charge in [0.15, 0.2) is 0 Å². The molecule has 4 heteroatoms. The summed E-state index contributed by atoms with van der Waals surface area (Å²) >= 11 is 0. The predicted octanol–water partition coefficient (Wildman–Crippen LogP) is 2.39. The summed E-state index contributed by atoms with van der Waals surface area (Å²) in [6, 6.07) is 15.9. The lowest BCUT2D eigenvalue weighted by atomic mass is 10.00. The minimum absolute atomic E-state index is 0.000804. The fraction of sp³-hybridized carbons (Fsp3) is 0.333. The predicted molar refractivity (Wildman–Crippen MR) is 84.1 cm³/mol. The molecule has 1 saturated heterocycles. The number of pyridine rings is 1. The van der Waals surface area contributed by atoms with E-state index in [0.29, 0.717) is 25.2 Å². The molecule has 4 nitrogen and oxygen atoms in total. The van der Waals surface area contributed by atoms with Crippen LogP contribution in [-0.4, -0.2) is 23.7 Å². The number of benzene rings is 1. The van der Waals surface area contributed by atoms with E-state index >= 15 is 0 Å². The minimum Gasteiger partial charge on any atom is -0.381 e. The van der Waals surface area contributed by atoms with Crippen molar-refractivity contribution in [2.45, 2.75) is 19.4 Å². The van der Waals surface area contributed by atoms with Gasteiger partial charge in [-0.05, 0) is 30.5 Å². The van der Waals surface area contributed by atoms with Gasteiger partial charge >= 0.3 is 0 Å². The van der Waals surface area contributed by atoms with Crippen LogP contribution in [0.15, 0.2) is 59.7 Å². The van der Waals surface area contributed by atoms with Crippen LogP contribution in [0.2, 0.25) is 0 Å². The number of hydrogen-bond acceptors (Lipinski definition) is 2. The molecule has 0 radical (unpaired) electrons. The Labute approximate surface area is 130 Å². The summed E-state index contributed by atoms with van der Waals surface area (Å²) in [6.45, 7) is 2.02. The fourth-order valence-corrected chi connectivity index (χ4v) is 2.63. The van der Waals surface area contributed by atoms with Crippen LogP contribution in [0.4, 0.5) is 0 Å². The van der Waals surface area contributed by atoms with E-state index in [0.717, 1.165) is 12.8 Å². The second-order valence-corrected chi connectivity index (χ2v) is 5.51. The molecule has 1 aromatic carbocycles. The maximum atomic E-state index is 12.3. The van der Waals surface area contributed by atoms with E-state index in [9.17, 15) is 4.79 Å². The van der Waals surface area contributed by atoms with Gasteiger partial charge < -0.3 is 9.30 Å². The molecule has 0 atom stereocenters. The molecule has 114 valence electrons. The molecule has 2 heterocycles. The van der Waals surface area contributed by atoms with E-state index in [1.807, 2.05) is 47.2 Å². The third-order valence-electron chi connectivity index (χ3n) is 3.91. The molecule has 1 amide bonds. The Morgan fingerprint density at radius 2 is 1.82 bits per heavy atom. The van der Waals surface area contributed by atoms with E-state index in [2.05, 4.69) is 17.1 Å². The van der Waals surface area contributed by atoms with Crippen molar-refractivity contribution in [3.63, 3.8) is 0 Å². The highest BCUT2D eigenvalue weighted by Gasteiger charge is 2.20. The molecule has 22 heavy (non-hydrogen) atoms. The smallest absolute Gasteiger partial charge is 0.250 e. The fourth-order valence-electron chi connectivity index (χ4n) is 2.63. The summed E-state index contributed by atoms with van der Waals surface area (Å²) in [6.07, 6.45) is 3.50. The number of rotatable bonds is 3. The van der Waals surface area contributed by atoms with Crippen molar-refractivity contribution < 1.29 is 9.53 Å². The van der Waals surface area contributed by atoms with Crippen molar-refractivity contribution in [1.82, 2.24) is 4.57 Å². The summed E-state index contributed by atoms with van der Waals surface area (Å²) in [5.74, 6) is -0.0320. The van der Waals surface area contributed by atoms with Gasteiger partial charge in [0.2, 0.25) is 0 Å². The van der Waals surface area contributed by atoms with Crippen LogP contribution in [0.3, 0.4) is 0 Å². The van der Waals surface area contributed by atoms with Crippen molar-refractivity contribution in [1.29, 1.82) is 0 Å². The largest absolute Gasteiger partial charge is 0.381 e. The van der Waals surface area contributed by atoms with Crippen molar-refractivity contribution in [2.75, 3.05) is 13.2 Å². The average Bonchev–Trinajstić information content (AvgIpc) is 2.58. The number of aromatic nitrogens is 1. The molecule has 0 saturated carbocycles. The van der Waals surface area contributed by atoms with E-state index in [1.165, 1.54) is 5.56 Å². The van der Waals surface area contributed by atoms with Gasteiger partial charge in [0.05, 0.1) is 0 Å². The Bertz CT molecular complexity index is 685. The highest BCUT2D eigenvalue weighted by Crippen LogP contribution is 2.15. The molecule has 0 spiro atoms. The highest BCUT2D eigenvalue weighted by atomic mass is 16.5. The standard InChI is InChI=1S/C18H20N2O2/c21-18(16-9-12-22-13-10-16)19-17-8-4-5-11-20(17)14-15-6-2-1-3-7-15/h1-8,11,16H,9-10,12-14H2. The lowest BCUT2D eigenvalue weighted by Crippen LogP contribution is -2.27. The summed E-state index contributed by atoms with van der Waals surface area (Å²) in [7, 11) is 0. The molecule has 0 bridgehead atoms. The number of nitrogens with zero attached hydrogens (tertiary/aromatic N) is 2. The normalized spacial score (nSPS) is 16.6. The number of amides is 1. The van der Waals surface area contributed by atoms with Gasteiger partial charge in [-0.25, -0.2) is 0 Å². The maximum Gasteiger partial charge on any atom is 0.250 e. The first-order valence-electron chi connectivity index (χ1n) is 7.68. The lowest BCUT2D eigenvalue weighted by molar-refractivity contribution is -0.124. The van der Waals surface area contributed by atoms with Crippen LogP contribution < -0.4 is 5.49 Å². The number of carbonyl (C=O) groups excluding carboxylic acids is 1. The van der Waals surface area contributed by atoms with Gasteiger partial charge in [0, 0.05) is 31.9 Å². The molecular formula is C18H20N2O2. The molecule has 0 aliphatic carbocycles. The zero-order valence-corrected chi connectivity index (χ0v) is 12.5. The zero-order chi connectivity index (χ0) is 15.2. The van der Waals surface area contributed by atoms with Crippen LogP contribution in [-0.2, 0) is 16.1 Å². The van der Waals surface area contributed by atoms with Crippen molar-refractivity contribution >= 4 is 5.91 Å². The van der Waals surface area contributed by atoms with Gasteiger partial charge in [-0.15, -0.1) is 0 Å². The van der Waals surface area contributed by atoms with Gasteiger partial charge in [-0.1, -0.05) is 36.4 Å². The van der Waals surface area contributed by atoms with Gasteiger partial charge in [-0.3, -0.25) is 4.79 Å². The average molecular weight is 296 g/mol. The number of ether oxygens (including phenoxy) is 1. The number of hydrogen-bond donors (Lipinski definition) is 0. The summed E-state index contributed by atoms with van der Waals surface area (Å²) < 4.78 is 7.31. The quantitative estimate of drug-likeness (QED) is 0.873. The molecule has 2 aromatic rings. The molecule has 1 aromatic heterocycles. The van der Waals surface area contributed by atoms with Gasteiger partial charge in [0.25, 0.3) is 5.91 Å². The van der Waals surface area contributed by atoms with E-state index in [4.69, 9.17) is 4.74 Å². The molecule has 0 unspecified atom stereocenters. The SMILES string of the molecule is O=C(N=c1ccccn1Cc1ccccc1)C1CCOCC1. The first-order valence-corrected chi connectivity index (χ1v) is 7.68. The first-order chi connectivity index (χ1) is 10.8. The van der Waals surface area contributed by atoms with Gasteiger partial charge in [0.1, 0.15) is 5.49 Å². The minimum atomic E-state index is -0.0312. The first kappa shape index (κ1) is 14.7. The van der Waals surface area contributed by atoms with Crippen molar-refractivity contribution in [3.05, 3.63) is 65.8 Å². The van der Waals surface area contributed by atoms with Crippen LogP contribution in [0.1, 0.15) is 18.4 Å². The lowest BCUT2D eigenvalue weighted by Gasteiger charge is -2.18. The molecule has 1 fully saturated rings. The van der Waals surface area contributed by atoms with Crippen LogP contribution in [0, 0.1) is 5.92 Å². The Morgan fingerprint density at radius 3 is 2.59 bits per heavy atom. The second-order valence-electron chi connectivity index (χ2n) is 5.51. The maximum absolute atomic E-state index is 12.3. The monoisotopic (exact) mass is 296 g/mol. The topological polar surface area (TPSA) is 43.6 Å².